The number of ether oxygens (including phenoxy) is 1. The highest BCUT2D eigenvalue weighted by Crippen LogP contribution is 2.35. The van der Waals surface area contributed by atoms with Crippen molar-refractivity contribution in [2.75, 3.05) is 5.73 Å². The maximum Gasteiger partial charge on any atom is 0.156 e. The van der Waals surface area contributed by atoms with E-state index in [0.29, 0.717) is 31.0 Å². The highest BCUT2D eigenvalue weighted by Gasteiger charge is 2.09. The summed E-state index contributed by atoms with van der Waals surface area (Å²) < 4.78 is 20.2. The lowest BCUT2D eigenvalue weighted by molar-refractivity contribution is 0.305. The van der Waals surface area contributed by atoms with Crippen molar-refractivity contribution < 1.29 is 9.13 Å². The van der Waals surface area contributed by atoms with Gasteiger partial charge in [0.2, 0.25) is 0 Å². The maximum absolute atomic E-state index is 13.2. The number of hydrogen-bond donors (Lipinski definition) is 1. The van der Waals surface area contributed by atoms with Gasteiger partial charge < -0.3 is 10.5 Å². The molecule has 100 valence electrons. The summed E-state index contributed by atoms with van der Waals surface area (Å²) in [5, 5.41) is 0.519. The smallest absolute Gasteiger partial charge is 0.156 e. The van der Waals surface area contributed by atoms with E-state index in [-0.39, 0.29) is 12.4 Å². The molecule has 0 unspecified atom stereocenters. The number of rotatable bonds is 3. The molecule has 0 fully saturated rings. The lowest BCUT2D eigenvalue weighted by Crippen LogP contribution is -2.00. The van der Waals surface area contributed by atoms with Gasteiger partial charge in [-0.1, -0.05) is 27.5 Å². The Balaban J connectivity index is 2.19. The topological polar surface area (TPSA) is 35.2 Å². The van der Waals surface area contributed by atoms with Gasteiger partial charge in [-0.15, -0.1) is 0 Å². The van der Waals surface area contributed by atoms with Gasteiger partial charge in [0.25, 0.3) is 0 Å². The minimum absolute atomic E-state index is 0.209. The molecule has 0 aliphatic heterocycles. The third kappa shape index (κ3) is 3.84. The summed E-state index contributed by atoms with van der Waals surface area (Å²) in [5.41, 5.74) is 6.95. The predicted octanol–water partition coefficient (Wildman–Crippen LogP) is 5.17. The maximum atomic E-state index is 13.2. The molecule has 0 aliphatic rings. The van der Waals surface area contributed by atoms with E-state index in [9.17, 15) is 4.39 Å². The summed E-state index contributed by atoms with van der Waals surface area (Å²) in [7, 11) is 0. The van der Waals surface area contributed by atoms with Crippen molar-refractivity contribution >= 4 is 49.1 Å². The Morgan fingerprint density at radius 1 is 1.16 bits per heavy atom. The Hall–Kier alpha value is -0.780. The zero-order valence-corrected chi connectivity index (χ0v) is 13.5. The van der Waals surface area contributed by atoms with E-state index in [1.54, 1.807) is 18.2 Å². The third-order valence-corrected chi connectivity index (χ3v) is 3.61. The fraction of sp³-hybridized carbons (Fsp3) is 0.0769. The van der Waals surface area contributed by atoms with Gasteiger partial charge in [-0.2, -0.15) is 0 Å². The van der Waals surface area contributed by atoms with E-state index < -0.39 is 0 Å². The zero-order valence-electron chi connectivity index (χ0n) is 9.59. The summed E-state index contributed by atoms with van der Waals surface area (Å²) in [5.74, 6) is 0.168. The van der Waals surface area contributed by atoms with Crippen LogP contribution in [0.1, 0.15) is 5.56 Å². The number of nitrogens with two attached hydrogens (primary N) is 1. The van der Waals surface area contributed by atoms with Gasteiger partial charge >= 0.3 is 0 Å². The largest absolute Gasteiger partial charge is 0.486 e. The minimum atomic E-state index is -0.323. The second-order valence-electron chi connectivity index (χ2n) is 3.87. The molecule has 2 N–H and O–H groups in total. The van der Waals surface area contributed by atoms with Crippen molar-refractivity contribution in [3.63, 3.8) is 0 Å². The number of nitrogen functional groups attached to an aromatic ring is 1. The molecule has 0 saturated heterocycles. The van der Waals surface area contributed by atoms with Crippen LogP contribution in [0.2, 0.25) is 5.02 Å². The molecule has 0 amide bonds. The van der Waals surface area contributed by atoms with Gasteiger partial charge in [-0.3, -0.25) is 0 Å². The van der Waals surface area contributed by atoms with Crippen LogP contribution in [-0.2, 0) is 6.61 Å². The van der Waals surface area contributed by atoms with Crippen molar-refractivity contribution in [2.24, 2.45) is 0 Å². The highest BCUT2D eigenvalue weighted by molar-refractivity contribution is 9.10. The quantitative estimate of drug-likeness (QED) is 0.711. The summed E-state index contributed by atoms with van der Waals surface area (Å²) in [6.07, 6.45) is 0. The SMILES string of the molecule is Nc1cc(Cl)cc(Br)c1OCc1cc(F)cc(Br)c1. The fourth-order valence-corrected chi connectivity index (χ4v) is 3.04. The molecular weight excluding hydrogens is 400 g/mol. The Labute approximate surface area is 132 Å². The van der Waals surface area contributed by atoms with Gasteiger partial charge in [0.1, 0.15) is 12.4 Å². The molecule has 2 rings (SSSR count). The van der Waals surface area contributed by atoms with Crippen LogP contribution in [0.15, 0.2) is 39.3 Å². The second-order valence-corrected chi connectivity index (χ2v) is 6.08. The molecule has 0 heterocycles. The van der Waals surface area contributed by atoms with Crippen LogP contribution in [0.5, 0.6) is 5.75 Å². The first kappa shape index (κ1) is 14.6. The second kappa shape index (κ2) is 6.11. The van der Waals surface area contributed by atoms with Gasteiger partial charge in [-0.25, -0.2) is 4.39 Å². The fourth-order valence-electron chi connectivity index (χ4n) is 1.58. The average Bonchev–Trinajstić information content (AvgIpc) is 2.25. The molecule has 2 nitrogen and oxygen atoms in total. The first-order chi connectivity index (χ1) is 8.95. The van der Waals surface area contributed by atoms with Gasteiger partial charge in [-0.05, 0) is 51.8 Å². The molecule has 2 aromatic rings. The van der Waals surface area contributed by atoms with Crippen molar-refractivity contribution in [2.45, 2.75) is 6.61 Å². The van der Waals surface area contributed by atoms with Crippen LogP contribution in [0.3, 0.4) is 0 Å². The lowest BCUT2D eigenvalue weighted by Gasteiger charge is -2.11. The van der Waals surface area contributed by atoms with Crippen LogP contribution in [0.4, 0.5) is 10.1 Å². The molecule has 0 aromatic heterocycles. The van der Waals surface area contributed by atoms with Crippen molar-refractivity contribution in [3.05, 3.63) is 55.7 Å². The third-order valence-electron chi connectivity index (χ3n) is 2.34. The van der Waals surface area contributed by atoms with Crippen molar-refractivity contribution in [3.8, 4) is 5.75 Å². The summed E-state index contributed by atoms with van der Waals surface area (Å²) in [6.45, 7) is 0.209. The van der Waals surface area contributed by atoms with E-state index in [0.717, 1.165) is 0 Å². The first-order valence-electron chi connectivity index (χ1n) is 5.28. The number of hydrogen-bond acceptors (Lipinski definition) is 2. The molecule has 0 atom stereocenters. The monoisotopic (exact) mass is 407 g/mol. The van der Waals surface area contributed by atoms with Crippen LogP contribution in [-0.4, -0.2) is 0 Å². The Kier molecular flexibility index (Phi) is 4.71. The number of benzene rings is 2. The predicted molar refractivity (Wildman–Crippen MR) is 82.0 cm³/mol. The van der Waals surface area contributed by atoms with Gasteiger partial charge in [0.05, 0.1) is 10.2 Å². The van der Waals surface area contributed by atoms with E-state index >= 15 is 0 Å². The van der Waals surface area contributed by atoms with Gasteiger partial charge in [0, 0.05) is 9.50 Å². The van der Waals surface area contributed by atoms with Gasteiger partial charge in [0.15, 0.2) is 5.75 Å². The molecule has 0 bridgehead atoms. The first-order valence-corrected chi connectivity index (χ1v) is 7.24. The minimum Gasteiger partial charge on any atom is -0.486 e. The molecule has 6 heteroatoms. The van der Waals surface area contributed by atoms with E-state index in [1.807, 2.05) is 0 Å². The molecule has 0 spiro atoms. The Morgan fingerprint density at radius 2 is 1.89 bits per heavy atom. The normalized spacial score (nSPS) is 10.5. The molecule has 0 aliphatic carbocycles. The van der Waals surface area contributed by atoms with E-state index in [2.05, 4.69) is 31.9 Å². The van der Waals surface area contributed by atoms with Crippen LogP contribution in [0.25, 0.3) is 0 Å². The number of anilines is 1. The average molecular weight is 409 g/mol. The Morgan fingerprint density at radius 3 is 2.53 bits per heavy atom. The molecule has 2 aromatic carbocycles. The zero-order chi connectivity index (χ0) is 14.0. The standard InChI is InChI=1S/C13H9Br2ClFNO/c14-8-1-7(2-10(17)3-8)6-19-13-11(15)4-9(16)5-12(13)18/h1-5H,6,18H2. The van der Waals surface area contributed by atoms with E-state index in [4.69, 9.17) is 22.1 Å². The molecule has 0 saturated carbocycles. The highest BCUT2D eigenvalue weighted by atomic mass is 79.9. The molecule has 0 radical (unpaired) electrons. The van der Waals surface area contributed by atoms with Crippen molar-refractivity contribution in [1.29, 1.82) is 0 Å². The molecular formula is C13H9Br2ClFNO. The van der Waals surface area contributed by atoms with Crippen LogP contribution >= 0.6 is 43.5 Å². The lowest BCUT2D eigenvalue weighted by atomic mass is 10.2. The van der Waals surface area contributed by atoms with E-state index in [1.165, 1.54) is 12.1 Å². The van der Waals surface area contributed by atoms with Crippen LogP contribution in [0, 0.1) is 5.82 Å². The molecule has 19 heavy (non-hydrogen) atoms. The number of halogens is 4. The summed E-state index contributed by atoms with van der Waals surface area (Å²) in [6, 6.07) is 7.86. The summed E-state index contributed by atoms with van der Waals surface area (Å²) in [4.78, 5) is 0. The van der Waals surface area contributed by atoms with Crippen molar-refractivity contribution in [1.82, 2.24) is 0 Å². The Bertz CT molecular complexity index is 578. The van der Waals surface area contributed by atoms with Crippen LogP contribution < -0.4 is 10.5 Å². The summed E-state index contributed by atoms with van der Waals surface area (Å²) >= 11 is 12.4.